The Morgan fingerprint density at radius 2 is 1.67 bits per heavy atom. The van der Waals surface area contributed by atoms with Crippen LogP contribution in [0.3, 0.4) is 0 Å². The minimum Gasteiger partial charge on any atom is -0.359 e. The van der Waals surface area contributed by atoms with Gasteiger partial charge < -0.3 is 4.74 Å². The highest BCUT2D eigenvalue weighted by Crippen LogP contribution is 2.57. The molecule has 4 atom stereocenters. The smallest absolute Gasteiger partial charge is 0.293 e. The monoisotopic (exact) mass is 328 g/mol. The van der Waals surface area contributed by atoms with Crippen molar-refractivity contribution in [3.05, 3.63) is 46.0 Å². The summed E-state index contributed by atoms with van der Waals surface area (Å²) >= 11 is 0. The van der Waals surface area contributed by atoms with Gasteiger partial charge in [0.05, 0.1) is 28.0 Å². The SMILES string of the molecule is Cc1ccc(N2C(=O)[C@@H]3[C@H](C2=O)[C@]2(C)C=C[C@]3(C)O2)c([N+](=O)[O-])c1. The fourth-order valence-corrected chi connectivity index (χ4v) is 4.24. The maximum Gasteiger partial charge on any atom is 0.293 e. The van der Waals surface area contributed by atoms with Gasteiger partial charge in [-0.2, -0.15) is 0 Å². The number of carbonyl (C=O) groups excluding carboxylic acids is 2. The van der Waals surface area contributed by atoms with E-state index in [9.17, 15) is 19.7 Å². The van der Waals surface area contributed by atoms with Crippen molar-refractivity contribution in [2.45, 2.75) is 32.0 Å². The lowest BCUT2D eigenvalue weighted by atomic mass is 9.73. The van der Waals surface area contributed by atoms with Gasteiger partial charge >= 0.3 is 0 Å². The largest absolute Gasteiger partial charge is 0.359 e. The molecule has 1 aromatic rings. The van der Waals surface area contributed by atoms with Gasteiger partial charge in [-0.3, -0.25) is 19.7 Å². The summed E-state index contributed by atoms with van der Waals surface area (Å²) in [5.41, 5.74) is -1.22. The number of nitro benzene ring substituents is 1. The molecule has 2 fully saturated rings. The van der Waals surface area contributed by atoms with Crippen LogP contribution in [0.1, 0.15) is 19.4 Å². The number of hydrogen-bond acceptors (Lipinski definition) is 5. The maximum atomic E-state index is 13.0. The average molecular weight is 328 g/mol. The molecule has 0 N–H and O–H groups in total. The molecule has 3 aliphatic rings. The van der Waals surface area contributed by atoms with Crippen LogP contribution >= 0.6 is 0 Å². The van der Waals surface area contributed by atoms with Crippen molar-refractivity contribution in [3.63, 3.8) is 0 Å². The second-order valence-corrected chi connectivity index (χ2v) is 7.02. The Kier molecular flexibility index (Phi) is 2.69. The van der Waals surface area contributed by atoms with E-state index in [2.05, 4.69) is 0 Å². The number of hydrogen-bond donors (Lipinski definition) is 0. The van der Waals surface area contributed by atoms with Crippen LogP contribution in [0.4, 0.5) is 11.4 Å². The molecule has 3 heterocycles. The van der Waals surface area contributed by atoms with E-state index in [4.69, 9.17) is 4.74 Å². The topological polar surface area (TPSA) is 89.8 Å². The Balaban J connectivity index is 1.85. The van der Waals surface area contributed by atoms with Crippen LogP contribution < -0.4 is 4.90 Å². The van der Waals surface area contributed by atoms with E-state index in [0.717, 1.165) is 4.90 Å². The fraction of sp³-hybridized carbons (Fsp3) is 0.412. The van der Waals surface area contributed by atoms with Gasteiger partial charge in [-0.25, -0.2) is 4.90 Å². The predicted molar refractivity (Wildman–Crippen MR) is 84.3 cm³/mol. The van der Waals surface area contributed by atoms with Gasteiger partial charge in [0.2, 0.25) is 11.8 Å². The van der Waals surface area contributed by atoms with Crippen LogP contribution in [0.2, 0.25) is 0 Å². The van der Waals surface area contributed by atoms with E-state index in [1.165, 1.54) is 12.1 Å². The molecular formula is C17H16N2O5. The van der Waals surface area contributed by atoms with Crippen molar-refractivity contribution in [1.29, 1.82) is 0 Å². The summed E-state index contributed by atoms with van der Waals surface area (Å²) in [5.74, 6) is -2.18. The maximum absolute atomic E-state index is 13.0. The van der Waals surface area contributed by atoms with Crippen molar-refractivity contribution in [1.82, 2.24) is 0 Å². The number of benzene rings is 1. The summed E-state index contributed by atoms with van der Waals surface area (Å²) in [6.45, 7) is 5.27. The number of nitrogens with zero attached hydrogens (tertiary/aromatic N) is 2. The second kappa shape index (κ2) is 4.30. The predicted octanol–water partition coefficient (Wildman–Crippen LogP) is 2.13. The van der Waals surface area contributed by atoms with Crippen LogP contribution in [0, 0.1) is 28.9 Å². The molecule has 0 saturated carbocycles. The molecular weight excluding hydrogens is 312 g/mol. The van der Waals surface area contributed by atoms with Crippen LogP contribution in [-0.2, 0) is 14.3 Å². The average Bonchev–Trinajstić information content (AvgIpc) is 3.04. The first kappa shape index (κ1) is 15.0. The van der Waals surface area contributed by atoms with E-state index in [1.54, 1.807) is 26.8 Å². The summed E-state index contributed by atoms with van der Waals surface area (Å²) in [6.07, 6.45) is 3.62. The third-order valence-corrected chi connectivity index (χ3v) is 5.29. The van der Waals surface area contributed by atoms with Gasteiger partial charge in [-0.1, -0.05) is 18.2 Å². The molecule has 0 aliphatic carbocycles. The Hall–Kier alpha value is -2.54. The first-order valence-corrected chi connectivity index (χ1v) is 7.71. The van der Waals surface area contributed by atoms with Crippen LogP contribution in [0.15, 0.2) is 30.4 Å². The lowest BCUT2D eigenvalue weighted by Gasteiger charge is -2.25. The number of amides is 2. The number of rotatable bonds is 2. The first-order valence-electron chi connectivity index (χ1n) is 7.71. The summed E-state index contributed by atoms with van der Waals surface area (Å²) in [7, 11) is 0. The zero-order valence-electron chi connectivity index (χ0n) is 13.5. The molecule has 1 aromatic carbocycles. The van der Waals surface area contributed by atoms with Crippen molar-refractivity contribution in [3.8, 4) is 0 Å². The number of ether oxygens (including phenoxy) is 1. The van der Waals surface area contributed by atoms with Gasteiger partial charge in [0.25, 0.3) is 5.69 Å². The minimum atomic E-state index is -0.847. The molecule has 24 heavy (non-hydrogen) atoms. The molecule has 4 rings (SSSR count). The lowest BCUT2D eigenvalue weighted by molar-refractivity contribution is -0.384. The van der Waals surface area contributed by atoms with E-state index < -0.39 is 39.8 Å². The van der Waals surface area contributed by atoms with Gasteiger partial charge in [0.15, 0.2) is 0 Å². The molecule has 7 heteroatoms. The molecule has 2 bridgehead atoms. The molecule has 0 radical (unpaired) electrons. The van der Waals surface area contributed by atoms with E-state index in [-0.39, 0.29) is 11.4 Å². The summed E-state index contributed by atoms with van der Waals surface area (Å²) in [4.78, 5) is 37.7. The van der Waals surface area contributed by atoms with E-state index >= 15 is 0 Å². The first-order chi connectivity index (χ1) is 11.2. The normalized spacial score (nSPS) is 36.5. The summed E-state index contributed by atoms with van der Waals surface area (Å²) in [5, 5.41) is 11.4. The number of aryl methyl sites for hydroxylation is 1. The van der Waals surface area contributed by atoms with Crippen molar-refractivity contribution in [2.24, 2.45) is 11.8 Å². The highest BCUT2D eigenvalue weighted by Gasteiger charge is 2.70. The lowest BCUT2D eigenvalue weighted by Crippen LogP contribution is -2.39. The van der Waals surface area contributed by atoms with Crippen molar-refractivity contribution in [2.75, 3.05) is 4.90 Å². The highest BCUT2D eigenvalue weighted by molar-refractivity contribution is 6.24. The number of imide groups is 1. The Bertz CT molecular complexity index is 811. The van der Waals surface area contributed by atoms with E-state index in [1.807, 2.05) is 12.2 Å². The van der Waals surface area contributed by atoms with E-state index in [0.29, 0.717) is 5.56 Å². The van der Waals surface area contributed by atoms with Gasteiger partial charge in [0.1, 0.15) is 5.69 Å². The molecule has 0 spiro atoms. The molecule has 2 amide bonds. The molecule has 3 aliphatic heterocycles. The van der Waals surface area contributed by atoms with Crippen LogP contribution in [0.25, 0.3) is 0 Å². The fourth-order valence-electron chi connectivity index (χ4n) is 4.24. The number of anilines is 1. The second-order valence-electron chi connectivity index (χ2n) is 7.02. The summed E-state index contributed by atoms with van der Waals surface area (Å²) in [6, 6.07) is 4.49. The Morgan fingerprint density at radius 1 is 1.12 bits per heavy atom. The quantitative estimate of drug-likeness (QED) is 0.359. The molecule has 7 nitrogen and oxygen atoms in total. The number of carbonyl (C=O) groups is 2. The van der Waals surface area contributed by atoms with Crippen LogP contribution in [-0.4, -0.2) is 27.9 Å². The number of fused-ring (bicyclic) bond motifs is 5. The molecule has 2 saturated heterocycles. The molecule has 0 aromatic heterocycles. The van der Waals surface area contributed by atoms with Gasteiger partial charge in [-0.15, -0.1) is 0 Å². The Morgan fingerprint density at radius 3 is 2.17 bits per heavy atom. The van der Waals surface area contributed by atoms with Gasteiger partial charge in [-0.05, 0) is 32.4 Å². The Labute approximate surface area is 138 Å². The van der Waals surface area contributed by atoms with Crippen molar-refractivity contribution < 1.29 is 19.2 Å². The minimum absolute atomic E-state index is 0.0293. The molecule has 0 unspecified atom stereocenters. The van der Waals surface area contributed by atoms with Crippen LogP contribution in [0.5, 0.6) is 0 Å². The highest BCUT2D eigenvalue weighted by atomic mass is 16.6. The third-order valence-electron chi connectivity index (χ3n) is 5.29. The standard InChI is InChI=1S/C17H16N2O5/c1-9-4-5-10(11(8-9)19(22)23)18-14(20)12-13(15(18)21)17(3)7-6-16(12,2)24-17/h4-8,12-13H,1-3H3/t12-,13+,16-,17-/m0/s1. The van der Waals surface area contributed by atoms with Gasteiger partial charge in [0, 0.05) is 6.07 Å². The zero-order valence-corrected chi connectivity index (χ0v) is 13.5. The summed E-state index contributed by atoms with van der Waals surface area (Å²) < 4.78 is 5.92. The zero-order chi connectivity index (χ0) is 17.4. The van der Waals surface area contributed by atoms with Crippen molar-refractivity contribution >= 4 is 23.2 Å². The molecule has 124 valence electrons. The number of nitro groups is 1. The third kappa shape index (κ3) is 1.65.